The van der Waals surface area contributed by atoms with Gasteiger partial charge in [-0.1, -0.05) is 24.0 Å². The zero-order chi connectivity index (χ0) is 22.4. The SMILES string of the molecule is COc1cc(C)c(/C=C/C(C)=C/C#C/C(=C\C#N)C(F)(F)C(F)(F)F)c(C)c1C. The first-order valence-corrected chi connectivity index (χ1v) is 8.42. The average molecular weight is 409 g/mol. The number of benzene rings is 1. The van der Waals surface area contributed by atoms with Crippen molar-refractivity contribution in [1.29, 1.82) is 5.26 Å². The summed E-state index contributed by atoms with van der Waals surface area (Å²) >= 11 is 0. The molecule has 0 spiro atoms. The van der Waals surface area contributed by atoms with E-state index in [0.29, 0.717) is 5.57 Å². The van der Waals surface area contributed by atoms with Crippen molar-refractivity contribution in [3.8, 4) is 23.7 Å². The Bertz CT molecular complexity index is 964. The summed E-state index contributed by atoms with van der Waals surface area (Å²) in [4.78, 5) is 0. The Morgan fingerprint density at radius 3 is 2.21 bits per heavy atom. The molecule has 0 aromatic heterocycles. The molecule has 0 aliphatic heterocycles. The van der Waals surface area contributed by atoms with E-state index in [1.807, 2.05) is 26.8 Å². The van der Waals surface area contributed by atoms with Crippen LogP contribution in [0.2, 0.25) is 0 Å². The third-order valence-electron chi connectivity index (χ3n) is 4.25. The van der Waals surface area contributed by atoms with Crippen LogP contribution in [0.3, 0.4) is 0 Å². The van der Waals surface area contributed by atoms with Gasteiger partial charge in [-0.3, -0.25) is 0 Å². The van der Waals surface area contributed by atoms with E-state index in [9.17, 15) is 22.0 Å². The van der Waals surface area contributed by atoms with Gasteiger partial charge >= 0.3 is 12.1 Å². The topological polar surface area (TPSA) is 33.0 Å². The van der Waals surface area contributed by atoms with E-state index < -0.39 is 17.7 Å². The third kappa shape index (κ3) is 5.71. The molecule has 154 valence electrons. The van der Waals surface area contributed by atoms with E-state index in [4.69, 9.17) is 10.00 Å². The molecule has 0 amide bonds. The Kier molecular flexibility index (Phi) is 7.79. The van der Waals surface area contributed by atoms with Crippen LogP contribution in [-0.2, 0) is 0 Å². The fourth-order valence-corrected chi connectivity index (χ4v) is 2.45. The minimum Gasteiger partial charge on any atom is -0.496 e. The Morgan fingerprint density at radius 2 is 1.69 bits per heavy atom. The maximum absolute atomic E-state index is 13.4. The Balaban J connectivity index is 3.18. The van der Waals surface area contributed by atoms with Crippen molar-refractivity contribution < 1.29 is 26.7 Å². The number of hydrogen-bond acceptors (Lipinski definition) is 2. The first-order chi connectivity index (χ1) is 13.4. The van der Waals surface area contributed by atoms with Crippen molar-refractivity contribution in [3.63, 3.8) is 0 Å². The molecule has 0 aliphatic carbocycles. The lowest BCUT2D eigenvalue weighted by atomic mass is 9.96. The average Bonchev–Trinajstić information content (AvgIpc) is 2.62. The molecule has 0 atom stereocenters. The molecular weight excluding hydrogens is 389 g/mol. The zero-order valence-corrected chi connectivity index (χ0v) is 16.6. The van der Waals surface area contributed by atoms with E-state index in [0.717, 1.165) is 28.0 Å². The van der Waals surface area contributed by atoms with Gasteiger partial charge in [-0.25, -0.2) is 0 Å². The minimum absolute atomic E-state index is 0.104. The maximum Gasteiger partial charge on any atom is 0.458 e. The first kappa shape index (κ1) is 24.0. The smallest absolute Gasteiger partial charge is 0.458 e. The second-order valence-electron chi connectivity index (χ2n) is 6.31. The number of ether oxygens (including phenoxy) is 1. The van der Waals surface area contributed by atoms with Crippen molar-refractivity contribution in [2.75, 3.05) is 7.11 Å². The van der Waals surface area contributed by atoms with Gasteiger partial charge in [-0.05, 0) is 67.7 Å². The summed E-state index contributed by atoms with van der Waals surface area (Å²) in [7, 11) is 1.58. The molecule has 1 aromatic rings. The second kappa shape index (κ2) is 9.43. The number of nitrogens with zero attached hydrogens (tertiary/aromatic N) is 1. The summed E-state index contributed by atoms with van der Waals surface area (Å²) < 4.78 is 69.4. The highest BCUT2D eigenvalue weighted by Crippen LogP contribution is 2.40. The van der Waals surface area contributed by atoms with Gasteiger partial charge in [-0.2, -0.15) is 27.2 Å². The van der Waals surface area contributed by atoms with Gasteiger partial charge in [0.15, 0.2) is 0 Å². The molecule has 0 radical (unpaired) electrons. The molecule has 0 unspecified atom stereocenters. The van der Waals surface area contributed by atoms with E-state index in [1.165, 1.54) is 12.1 Å². The monoisotopic (exact) mass is 409 g/mol. The highest BCUT2D eigenvalue weighted by molar-refractivity contribution is 5.64. The summed E-state index contributed by atoms with van der Waals surface area (Å²) in [5.41, 5.74) is 2.82. The molecule has 29 heavy (non-hydrogen) atoms. The minimum atomic E-state index is -5.83. The lowest BCUT2D eigenvalue weighted by Crippen LogP contribution is -2.37. The van der Waals surface area contributed by atoms with Crippen molar-refractivity contribution in [3.05, 3.63) is 57.7 Å². The lowest BCUT2D eigenvalue weighted by Gasteiger charge is -2.18. The van der Waals surface area contributed by atoms with Gasteiger partial charge in [0.05, 0.1) is 18.8 Å². The second-order valence-corrected chi connectivity index (χ2v) is 6.31. The number of rotatable bonds is 4. The number of halogens is 5. The third-order valence-corrected chi connectivity index (χ3v) is 4.25. The summed E-state index contributed by atoms with van der Waals surface area (Å²) in [6.45, 7) is 7.39. The Hall–Kier alpha value is -3.06. The fourth-order valence-electron chi connectivity index (χ4n) is 2.45. The number of nitriles is 1. The van der Waals surface area contributed by atoms with Crippen molar-refractivity contribution >= 4 is 6.08 Å². The summed E-state index contributed by atoms with van der Waals surface area (Å²) in [5, 5.41) is 8.47. The fraction of sp³-hybridized carbons (Fsp3) is 0.318. The number of alkyl halides is 5. The molecule has 2 nitrogen and oxygen atoms in total. The predicted molar refractivity (Wildman–Crippen MR) is 102 cm³/mol. The number of allylic oxidation sites excluding steroid dienone is 5. The van der Waals surface area contributed by atoms with Crippen molar-refractivity contribution in [2.24, 2.45) is 0 Å². The van der Waals surface area contributed by atoms with Crippen molar-refractivity contribution in [2.45, 2.75) is 39.8 Å². The highest BCUT2D eigenvalue weighted by atomic mass is 19.4. The lowest BCUT2D eigenvalue weighted by molar-refractivity contribution is -0.262. The van der Waals surface area contributed by atoms with E-state index in [-0.39, 0.29) is 6.08 Å². The Labute approximate surface area is 167 Å². The molecule has 0 N–H and O–H groups in total. The number of hydrogen-bond donors (Lipinski definition) is 0. The molecule has 1 rings (SSSR count). The Morgan fingerprint density at radius 1 is 1.07 bits per heavy atom. The number of methoxy groups -OCH3 is 1. The largest absolute Gasteiger partial charge is 0.496 e. The molecule has 7 heteroatoms. The molecule has 0 heterocycles. The van der Waals surface area contributed by atoms with E-state index >= 15 is 0 Å². The quantitative estimate of drug-likeness (QED) is 0.256. The van der Waals surface area contributed by atoms with Crippen LogP contribution in [0.1, 0.15) is 29.2 Å². The van der Waals surface area contributed by atoms with Crippen LogP contribution >= 0.6 is 0 Å². The predicted octanol–water partition coefficient (Wildman–Crippen LogP) is 6.23. The van der Waals surface area contributed by atoms with Gasteiger partial charge in [-0.15, -0.1) is 0 Å². The van der Waals surface area contributed by atoms with Gasteiger partial charge in [0.1, 0.15) is 5.75 Å². The van der Waals surface area contributed by atoms with Gasteiger partial charge in [0.25, 0.3) is 0 Å². The van der Waals surface area contributed by atoms with Crippen LogP contribution in [0.25, 0.3) is 6.08 Å². The molecule has 0 bridgehead atoms. The normalized spacial score (nSPS) is 13.1. The van der Waals surface area contributed by atoms with Gasteiger partial charge in [0, 0.05) is 6.08 Å². The summed E-state index contributed by atoms with van der Waals surface area (Å²) in [5.74, 6) is -0.535. The summed E-state index contributed by atoms with van der Waals surface area (Å²) in [6.07, 6.45) is -1.04. The van der Waals surface area contributed by atoms with E-state index in [1.54, 1.807) is 32.1 Å². The first-order valence-electron chi connectivity index (χ1n) is 8.42. The number of aryl methyl sites for hydroxylation is 1. The maximum atomic E-state index is 13.4. The summed E-state index contributed by atoms with van der Waals surface area (Å²) in [6, 6.07) is 3.06. The standard InChI is InChI=1S/C22H20F5NO/c1-14(7-6-8-18(11-12-28)21(23,24)22(25,26)27)9-10-19-15(2)13-20(29-5)17(4)16(19)3/h7,9-11,13H,1-5H3/b10-9+,14-7+,18-11+. The molecule has 1 aromatic carbocycles. The van der Waals surface area contributed by atoms with Crippen LogP contribution < -0.4 is 4.74 Å². The molecule has 0 aliphatic rings. The van der Waals surface area contributed by atoms with Gasteiger partial charge in [0.2, 0.25) is 0 Å². The highest BCUT2D eigenvalue weighted by Gasteiger charge is 2.59. The molecule has 0 fully saturated rings. The molecule has 0 saturated carbocycles. The van der Waals surface area contributed by atoms with Crippen LogP contribution in [-0.4, -0.2) is 19.2 Å². The molecular formula is C22H20F5NO. The van der Waals surface area contributed by atoms with Crippen molar-refractivity contribution in [1.82, 2.24) is 0 Å². The zero-order valence-electron chi connectivity index (χ0n) is 16.6. The van der Waals surface area contributed by atoms with Crippen LogP contribution in [0.15, 0.2) is 35.4 Å². The van der Waals surface area contributed by atoms with E-state index in [2.05, 4.69) is 5.92 Å². The van der Waals surface area contributed by atoms with Crippen LogP contribution in [0.4, 0.5) is 22.0 Å². The van der Waals surface area contributed by atoms with Crippen LogP contribution in [0, 0.1) is 43.9 Å². The molecule has 0 saturated heterocycles. The van der Waals surface area contributed by atoms with Gasteiger partial charge < -0.3 is 4.74 Å². The van der Waals surface area contributed by atoms with Crippen LogP contribution in [0.5, 0.6) is 5.75 Å².